The molecule has 37 heavy (non-hydrogen) atoms. The van der Waals surface area contributed by atoms with Gasteiger partial charge in [-0.2, -0.15) is 11.3 Å². The largest absolute Gasteiger partial charge is 0.367 e. The fraction of sp³-hybridized carbons (Fsp3) is 0.0588. The van der Waals surface area contributed by atoms with E-state index in [9.17, 15) is 0 Å². The van der Waals surface area contributed by atoms with Gasteiger partial charge in [0, 0.05) is 32.7 Å². The molecule has 0 amide bonds. The lowest BCUT2D eigenvalue weighted by Crippen LogP contribution is -2.53. The molecular weight excluding hydrogens is 483 g/mol. The van der Waals surface area contributed by atoms with Crippen LogP contribution in [0.1, 0.15) is 0 Å². The van der Waals surface area contributed by atoms with Crippen LogP contribution in [0.3, 0.4) is 0 Å². The van der Waals surface area contributed by atoms with E-state index in [0.717, 1.165) is 0 Å². The predicted octanol–water partition coefficient (Wildman–Crippen LogP) is 8.57. The Labute approximate surface area is 224 Å². The predicted molar refractivity (Wildman–Crippen MR) is 164 cm³/mol. The minimum absolute atomic E-state index is 1.24. The number of H-pyrrole nitrogens is 1. The molecule has 0 spiro atoms. The first-order valence-corrected chi connectivity index (χ1v) is 16.6. The van der Waals surface area contributed by atoms with E-state index < -0.39 is 8.07 Å². The Balaban J connectivity index is 1.59. The van der Waals surface area contributed by atoms with E-state index in [4.69, 9.17) is 0 Å². The van der Waals surface area contributed by atoms with Crippen molar-refractivity contribution in [1.82, 2.24) is 4.98 Å². The standard InChI is InChI=1S/C34H29NSSi/c1-37(2,33-31(27-19-11-5-12-20-27)29(23-35-33)25-15-7-3-8-16-25)34-32(28-21-13-6-14-22-28)30(24-36-34)26-17-9-4-10-18-26/h3-24,35H,1-2H3. The highest BCUT2D eigenvalue weighted by atomic mass is 32.1. The summed E-state index contributed by atoms with van der Waals surface area (Å²) in [5.74, 6) is 0. The summed E-state index contributed by atoms with van der Waals surface area (Å²) in [5, 5.41) is 3.74. The second-order valence-corrected chi connectivity index (χ2v) is 15.4. The summed E-state index contributed by atoms with van der Waals surface area (Å²) in [5.41, 5.74) is 10.4. The van der Waals surface area contributed by atoms with Crippen LogP contribution in [0.15, 0.2) is 133 Å². The van der Waals surface area contributed by atoms with Crippen LogP contribution in [-0.4, -0.2) is 13.1 Å². The van der Waals surface area contributed by atoms with Crippen molar-refractivity contribution < 1.29 is 0 Å². The monoisotopic (exact) mass is 511 g/mol. The Hall–Kier alpha value is -3.92. The van der Waals surface area contributed by atoms with Gasteiger partial charge in [-0.3, -0.25) is 0 Å². The van der Waals surface area contributed by atoms with Crippen molar-refractivity contribution in [1.29, 1.82) is 0 Å². The third kappa shape index (κ3) is 4.31. The lowest BCUT2D eigenvalue weighted by Gasteiger charge is -2.25. The van der Waals surface area contributed by atoms with Crippen LogP contribution in [0.2, 0.25) is 13.1 Å². The van der Waals surface area contributed by atoms with Crippen LogP contribution in [0.4, 0.5) is 0 Å². The molecular formula is C34H29NSSi. The van der Waals surface area contributed by atoms with E-state index in [2.05, 4.69) is 151 Å². The Kier molecular flexibility index (Phi) is 6.25. The van der Waals surface area contributed by atoms with Gasteiger partial charge in [0.25, 0.3) is 0 Å². The number of hydrogen-bond donors (Lipinski definition) is 1. The molecule has 6 aromatic rings. The summed E-state index contributed by atoms with van der Waals surface area (Å²) in [6.45, 7) is 4.99. The molecule has 0 aliphatic carbocycles. The number of thiophene rings is 1. The molecule has 180 valence electrons. The minimum Gasteiger partial charge on any atom is -0.367 e. The van der Waals surface area contributed by atoms with Crippen LogP contribution in [0, 0.1) is 0 Å². The van der Waals surface area contributed by atoms with E-state index >= 15 is 0 Å². The highest BCUT2D eigenvalue weighted by Gasteiger charge is 2.36. The van der Waals surface area contributed by atoms with Gasteiger partial charge < -0.3 is 4.98 Å². The normalized spacial score (nSPS) is 11.5. The Bertz CT molecular complexity index is 1490. The number of rotatable bonds is 6. The quantitative estimate of drug-likeness (QED) is 0.216. The molecule has 0 saturated carbocycles. The van der Waals surface area contributed by atoms with Gasteiger partial charge in [-0.05, 0) is 33.2 Å². The van der Waals surface area contributed by atoms with Crippen LogP contribution in [0.5, 0.6) is 0 Å². The number of hydrogen-bond acceptors (Lipinski definition) is 1. The van der Waals surface area contributed by atoms with Crippen molar-refractivity contribution in [3.05, 3.63) is 133 Å². The van der Waals surface area contributed by atoms with E-state index in [1.807, 2.05) is 11.3 Å². The summed E-state index contributed by atoms with van der Waals surface area (Å²) in [6.07, 6.45) is 2.22. The Morgan fingerprint density at radius 1 is 0.514 bits per heavy atom. The van der Waals surface area contributed by atoms with Crippen molar-refractivity contribution in [3.8, 4) is 44.5 Å². The summed E-state index contributed by atoms with van der Waals surface area (Å²) in [7, 11) is -2.17. The maximum Gasteiger partial charge on any atom is 0.146 e. The number of aromatic nitrogens is 1. The van der Waals surface area contributed by atoms with Gasteiger partial charge in [-0.15, -0.1) is 0 Å². The Morgan fingerprint density at radius 2 is 0.946 bits per heavy atom. The molecule has 1 N–H and O–H groups in total. The minimum atomic E-state index is -2.17. The first-order valence-electron chi connectivity index (χ1n) is 12.7. The summed E-state index contributed by atoms with van der Waals surface area (Å²) < 4.78 is 1.50. The van der Waals surface area contributed by atoms with Crippen LogP contribution >= 0.6 is 11.3 Å². The molecule has 0 saturated heterocycles. The van der Waals surface area contributed by atoms with Crippen molar-refractivity contribution in [2.75, 3.05) is 0 Å². The van der Waals surface area contributed by atoms with Crippen LogP contribution in [0.25, 0.3) is 44.5 Å². The van der Waals surface area contributed by atoms with Gasteiger partial charge in [0.15, 0.2) is 0 Å². The molecule has 0 unspecified atom stereocenters. The molecule has 0 atom stereocenters. The highest BCUT2D eigenvalue weighted by molar-refractivity contribution is 7.29. The van der Waals surface area contributed by atoms with Crippen molar-refractivity contribution in [2.45, 2.75) is 13.1 Å². The molecule has 2 aromatic heterocycles. The van der Waals surface area contributed by atoms with Gasteiger partial charge >= 0.3 is 0 Å². The average Bonchev–Trinajstić information content (AvgIpc) is 3.61. The van der Waals surface area contributed by atoms with Crippen LogP contribution in [-0.2, 0) is 0 Å². The summed E-state index contributed by atoms with van der Waals surface area (Å²) in [6, 6.07) is 43.3. The second-order valence-electron chi connectivity index (χ2n) is 9.89. The maximum absolute atomic E-state index is 3.81. The van der Waals surface area contributed by atoms with Gasteiger partial charge in [-0.1, -0.05) is 134 Å². The average molecular weight is 512 g/mol. The molecule has 0 radical (unpaired) electrons. The molecule has 3 heteroatoms. The van der Waals surface area contributed by atoms with Gasteiger partial charge in [0.05, 0.1) is 0 Å². The molecule has 6 rings (SSSR count). The lowest BCUT2D eigenvalue weighted by atomic mass is 9.99. The van der Waals surface area contributed by atoms with E-state index in [0.29, 0.717) is 0 Å². The molecule has 0 fully saturated rings. The fourth-order valence-corrected chi connectivity index (χ4v) is 10.3. The fourth-order valence-electron chi connectivity index (χ4n) is 5.32. The van der Waals surface area contributed by atoms with E-state index in [-0.39, 0.29) is 0 Å². The van der Waals surface area contributed by atoms with Crippen molar-refractivity contribution in [2.24, 2.45) is 0 Å². The maximum atomic E-state index is 3.81. The zero-order valence-corrected chi connectivity index (χ0v) is 22.9. The third-order valence-corrected chi connectivity index (χ3v) is 12.9. The Morgan fingerprint density at radius 3 is 1.46 bits per heavy atom. The smallest absolute Gasteiger partial charge is 0.146 e. The summed E-state index contributed by atoms with van der Waals surface area (Å²) >= 11 is 1.92. The topological polar surface area (TPSA) is 15.8 Å². The molecule has 1 nitrogen and oxygen atoms in total. The first kappa shape index (κ1) is 23.5. The summed E-state index contributed by atoms with van der Waals surface area (Å²) in [4.78, 5) is 3.81. The number of benzene rings is 4. The molecule has 4 aromatic carbocycles. The molecule has 0 bridgehead atoms. The molecule has 2 heterocycles. The highest BCUT2D eigenvalue weighted by Crippen LogP contribution is 2.38. The molecule has 0 aliphatic rings. The van der Waals surface area contributed by atoms with E-state index in [1.54, 1.807) is 0 Å². The van der Waals surface area contributed by atoms with E-state index in [1.165, 1.54) is 54.3 Å². The lowest BCUT2D eigenvalue weighted by molar-refractivity contribution is 1.44. The first-order chi connectivity index (χ1) is 18.1. The SMILES string of the molecule is C[Si](C)(c1[nH]cc(-c2ccccc2)c1-c1ccccc1)c1scc(-c2ccccc2)c1-c1ccccc1. The zero-order valence-electron chi connectivity index (χ0n) is 21.1. The zero-order chi connectivity index (χ0) is 25.2. The van der Waals surface area contributed by atoms with Gasteiger partial charge in [0.1, 0.15) is 8.07 Å². The van der Waals surface area contributed by atoms with Crippen molar-refractivity contribution >= 4 is 29.2 Å². The van der Waals surface area contributed by atoms with Crippen LogP contribution < -0.4 is 9.82 Å². The van der Waals surface area contributed by atoms with Crippen molar-refractivity contribution in [3.63, 3.8) is 0 Å². The molecule has 0 aliphatic heterocycles. The number of aromatic amines is 1. The van der Waals surface area contributed by atoms with Gasteiger partial charge in [-0.25, -0.2) is 0 Å². The van der Waals surface area contributed by atoms with Gasteiger partial charge in [0.2, 0.25) is 0 Å². The number of nitrogens with one attached hydrogen (secondary N) is 1. The second kappa shape index (κ2) is 9.85. The third-order valence-electron chi connectivity index (χ3n) is 7.16.